The number of allylic oxidation sites excluding steroid dienone is 4. The third kappa shape index (κ3) is 24.2. The van der Waals surface area contributed by atoms with Crippen LogP contribution in [0.15, 0.2) is 92.5 Å². The summed E-state index contributed by atoms with van der Waals surface area (Å²) in [5.41, 5.74) is 8.16. The molecular weight excluding hydrogens is 774 g/mol. The van der Waals surface area contributed by atoms with Crippen LogP contribution < -0.4 is 15.4 Å². The van der Waals surface area contributed by atoms with Gasteiger partial charge in [0.2, 0.25) is 0 Å². The minimum atomic E-state index is -0.350. The van der Waals surface area contributed by atoms with E-state index in [0.717, 1.165) is 61.0 Å². The van der Waals surface area contributed by atoms with Gasteiger partial charge in [-0.15, -0.1) is 6.58 Å². The van der Waals surface area contributed by atoms with Crippen LogP contribution in [-0.2, 0) is 6.42 Å². The molecule has 2 aromatic rings. The summed E-state index contributed by atoms with van der Waals surface area (Å²) < 4.78 is 21.9. The summed E-state index contributed by atoms with van der Waals surface area (Å²) in [6.45, 7) is 50.1. The largest absolute Gasteiger partial charge is 0.486 e. The molecule has 0 aromatic heterocycles. The van der Waals surface area contributed by atoms with Crippen molar-refractivity contribution in [2.75, 3.05) is 18.4 Å². The molecule has 2 N–H and O–H groups in total. The monoisotopic (exact) mass is 872 g/mol. The first kappa shape index (κ1) is 61.3. The second-order valence-electron chi connectivity index (χ2n) is 16.9. The van der Waals surface area contributed by atoms with E-state index in [1.807, 2.05) is 63.9 Å². The van der Waals surface area contributed by atoms with E-state index in [0.29, 0.717) is 23.5 Å². The van der Waals surface area contributed by atoms with E-state index < -0.39 is 0 Å². The maximum atomic E-state index is 15.9. The van der Waals surface area contributed by atoms with Gasteiger partial charge in [0, 0.05) is 29.7 Å². The van der Waals surface area contributed by atoms with Crippen LogP contribution in [0.5, 0.6) is 5.75 Å². The summed E-state index contributed by atoms with van der Waals surface area (Å²) >= 11 is 0. The second-order valence-corrected chi connectivity index (χ2v) is 16.9. The summed E-state index contributed by atoms with van der Waals surface area (Å²) in [7, 11) is 0. The average Bonchev–Trinajstić information content (AvgIpc) is 3.28. The van der Waals surface area contributed by atoms with Crippen LogP contribution in [0.25, 0.3) is 11.3 Å². The molecule has 0 aliphatic carbocycles. The van der Waals surface area contributed by atoms with E-state index in [2.05, 4.69) is 130 Å². The number of anilines is 1. The first-order valence-corrected chi connectivity index (χ1v) is 25.1. The topological polar surface area (TPSA) is 36.5 Å². The van der Waals surface area contributed by atoms with E-state index in [1.165, 1.54) is 74.5 Å². The van der Waals surface area contributed by atoms with Crippen molar-refractivity contribution < 1.29 is 9.13 Å². The van der Waals surface area contributed by atoms with Crippen LogP contribution >= 0.6 is 0 Å². The molecule has 0 saturated carbocycles. The zero-order chi connectivity index (χ0) is 48.3. The van der Waals surface area contributed by atoms with Crippen molar-refractivity contribution in [2.24, 2.45) is 17.8 Å². The van der Waals surface area contributed by atoms with Gasteiger partial charge in [-0.3, -0.25) is 0 Å². The van der Waals surface area contributed by atoms with Crippen LogP contribution in [0.2, 0.25) is 0 Å². The van der Waals surface area contributed by atoms with Crippen LogP contribution in [0.4, 0.5) is 10.1 Å². The molecule has 0 heterocycles. The number of aryl methyl sites for hydroxylation is 1. The second kappa shape index (κ2) is 37.5. The third-order valence-corrected chi connectivity index (χ3v) is 11.1. The van der Waals surface area contributed by atoms with Gasteiger partial charge >= 0.3 is 0 Å². The fraction of sp³-hybridized carbons (Fsp3) is 0.586. The highest BCUT2D eigenvalue weighted by Crippen LogP contribution is 2.35. The highest BCUT2D eigenvalue weighted by molar-refractivity contribution is 5.73. The lowest BCUT2D eigenvalue weighted by molar-refractivity contribution is 0.207. The summed E-state index contributed by atoms with van der Waals surface area (Å²) in [6.07, 6.45) is 23.6. The molecule has 0 fully saturated rings. The first-order chi connectivity index (χ1) is 30.2. The zero-order valence-electron chi connectivity index (χ0n) is 43.7. The van der Waals surface area contributed by atoms with Gasteiger partial charge in [0.1, 0.15) is 6.10 Å². The fourth-order valence-corrected chi connectivity index (χ4v) is 7.42. The van der Waals surface area contributed by atoms with Crippen molar-refractivity contribution in [1.82, 2.24) is 10.2 Å². The zero-order valence-corrected chi connectivity index (χ0v) is 43.7. The number of rotatable bonds is 28. The van der Waals surface area contributed by atoms with Crippen LogP contribution in [0, 0.1) is 30.5 Å². The maximum Gasteiger partial charge on any atom is 0.168 e. The lowest BCUT2D eigenvalue weighted by Crippen LogP contribution is -2.29. The van der Waals surface area contributed by atoms with Gasteiger partial charge in [-0.05, 0) is 124 Å². The Bertz CT molecular complexity index is 1610. The van der Waals surface area contributed by atoms with E-state index >= 15 is 4.39 Å². The molecule has 2 rings (SSSR count). The predicted octanol–water partition coefficient (Wildman–Crippen LogP) is 18.3. The van der Waals surface area contributed by atoms with Gasteiger partial charge in [0.25, 0.3) is 0 Å². The molecule has 1 unspecified atom stereocenters. The molecule has 5 heteroatoms. The lowest BCUT2D eigenvalue weighted by atomic mass is 9.88. The number of halogens is 1. The highest BCUT2D eigenvalue weighted by Gasteiger charge is 2.22. The van der Waals surface area contributed by atoms with Crippen molar-refractivity contribution in [3.8, 4) is 5.75 Å². The average molecular weight is 872 g/mol. The van der Waals surface area contributed by atoms with Gasteiger partial charge in [-0.1, -0.05) is 178 Å². The molecule has 63 heavy (non-hydrogen) atoms. The number of nitrogens with zero attached hydrogens (tertiary/aromatic N) is 1. The molecule has 0 amide bonds. The molecule has 4 nitrogen and oxygen atoms in total. The van der Waals surface area contributed by atoms with E-state index in [4.69, 9.17) is 4.74 Å². The SMILES string of the molecule is C=C(Nc1ccc(C(=C)CCC(CCC)CCC)c(CC)c1)C(=C)N(/C=C\C)/C(=C\C(C)C)c1ccc(OC(C)CNCCC)c(F)c1C.C=CCC.CC.CCCC(CC)CC. The third-order valence-electron chi connectivity index (χ3n) is 11.1. The molecule has 0 radical (unpaired) electrons. The quantitative estimate of drug-likeness (QED) is 0.0507. The Balaban J connectivity index is 0. The molecule has 0 aliphatic heterocycles. The Kier molecular flexibility index (Phi) is 36.5. The van der Waals surface area contributed by atoms with E-state index in [9.17, 15) is 0 Å². The van der Waals surface area contributed by atoms with Crippen LogP contribution in [0.1, 0.15) is 196 Å². The Hall–Kier alpha value is -3.83. The van der Waals surface area contributed by atoms with Gasteiger partial charge in [0.05, 0.1) is 11.4 Å². The summed E-state index contributed by atoms with van der Waals surface area (Å²) in [4.78, 5) is 1.99. The Morgan fingerprint density at radius 1 is 0.810 bits per heavy atom. The van der Waals surface area contributed by atoms with Crippen molar-refractivity contribution in [3.05, 3.63) is 121 Å². The van der Waals surface area contributed by atoms with Gasteiger partial charge < -0.3 is 20.3 Å². The van der Waals surface area contributed by atoms with Gasteiger partial charge in [0.15, 0.2) is 11.6 Å². The molecule has 0 aliphatic rings. The van der Waals surface area contributed by atoms with Crippen molar-refractivity contribution >= 4 is 17.0 Å². The number of hydrogen-bond acceptors (Lipinski definition) is 4. The van der Waals surface area contributed by atoms with Crippen LogP contribution in [-0.4, -0.2) is 24.1 Å². The van der Waals surface area contributed by atoms with Crippen LogP contribution in [0.3, 0.4) is 0 Å². The molecule has 0 spiro atoms. The van der Waals surface area contributed by atoms with Gasteiger partial charge in [-0.25, -0.2) is 4.39 Å². The smallest absolute Gasteiger partial charge is 0.168 e. The summed E-state index contributed by atoms with van der Waals surface area (Å²) in [6, 6.07) is 10.2. The Labute approximate surface area is 390 Å². The summed E-state index contributed by atoms with van der Waals surface area (Å²) in [5.74, 6) is 1.89. The summed E-state index contributed by atoms with van der Waals surface area (Å²) in [5, 5.41) is 6.86. The molecule has 0 saturated heterocycles. The number of nitrogens with one attached hydrogen (secondary N) is 2. The Morgan fingerprint density at radius 2 is 1.38 bits per heavy atom. The molecular formula is C58H98FN3O. The highest BCUT2D eigenvalue weighted by atomic mass is 19.1. The minimum absolute atomic E-state index is 0.157. The fourth-order valence-electron chi connectivity index (χ4n) is 7.42. The lowest BCUT2D eigenvalue weighted by Gasteiger charge is -2.30. The van der Waals surface area contributed by atoms with E-state index in [-0.39, 0.29) is 23.6 Å². The van der Waals surface area contributed by atoms with Crippen molar-refractivity contribution in [1.29, 1.82) is 0 Å². The molecule has 358 valence electrons. The predicted molar refractivity (Wildman–Crippen MR) is 284 cm³/mol. The van der Waals surface area contributed by atoms with Crippen molar-refractivity contribution in [3.63, 3.8) is 0 Å². The van der Waals surface area contributed by atoms with Gasteiger partial charge in [-0.2, -0.15) is 0 Å². The minimum Gasteiger partial charge on any atom is -0.486 e. The first-order valence-electron chi connectivity index (χ1n) is 25.1. The van der Waals surface area contributed by atoms with E-state index in [1.54, 1.807) is 6.07 Å². The number of ether oxygens (including phenoxy) is 1. The standard InChI is InChI=1S/C44H66FN3O.C8H18.C4H8.C2H6/c1-13-18-37(19-14-2)21-20-32(8)40-23-22-39(29-38(40)17-5)47-35(11)36(12)48(27-16-4)42(28-31(6)7)41-24-25-43(44(45)34(41)10)49-33(9)30-46-26-15-3;1-4-7-8(5-2)6-3;1-3-4-2;1-2/h16,22-25,27-29,31,33,37,46-47H,8,11-15,17-21,26,30H2,1-7,9-10H3;8H,4-7H2,1-3H3;3H,1,4H2,2H3;1-2H3/b27-16-,42-28-;;;. The van der Waals surface area contributed by atoms with Crippen molar-refractivity contribution in [2.45, 2.75) is 193 Å². The Morgan fingerprint density at radius 3 is 1.86 bits per heavy atom. The number of hydrogen-bond donors (Lipinski definition) is 2. The normalized spacial score (nSPS) is 11.6. The molecule has 2 aromatic carbocycles. The molecule has 1 atom stereocenters. The number of benzene rings is 2. The maximum absolute atomic E-state index is 15.9. The molecule has 0 bridgehead atoms.